The number of carbonyl (C=O) groups excluding carboxylic acids is 3. The smallest absolute Gasteiger partial charge is 0.312 e. The molecule has 1 rings (SSSR count). The SMILES string of the molecule is CNC(=O)c1ccc(CN(C)C(=O)CCCCCNC(N)=O)cc1. The molecule has 0 aliphatic carbocycles. The van der Waals surface area contributed by atoms with E-state index in [4.69, 9.17) is 5.73 Å². The molecule has 0 spiro atoms. The molecular weight excluding hydrogens is 308 g/mol. The number of nitrogens with zero attached hydrogens (tertiary/aromatic N) is 1. The number of primary amides is 1. The number of carbonyl (C=O) groups is 3. The quantitative estimate of drug-likeness (QED) is 0.592. The first-order valence-corrected chi connectivity index (χ1v) is 8.02. The zero-order valence-corrected chi connectivity index (χ0v) is 14.3. The third-order valence-corrected chi connectivity index (χ3v) is 3.66. The Morgan fingerprint density at radius 1 is 1.08 bits per heavy atom. The van der Waals surface area contributed by atoms with Crippen molar-refractivity contribution >= 4 is 17.8 Å². The fourth-order valence-corrected chi connectivity index (χ4v) is 2.25. The van der Waals surface area contributed by atoms with Gasteiger partial charge in [-0.2, -0.15) is 0 Å². The Morgan fingerprint density at radius 3 is 2.33 bits per heavy atom. The van der Waals surface area contributed by atoms with Crippen LogP contribution in [0.1, 0.15) is 41.6 Å². The minimum absolute atomic E-state index is 0.0771. The molecule has 0 atom stereocenters. The number of urea groups is 1. The maximum atomic E-state index is 12.1. The van der Waals surface area contributed by atoms with Crippen LogP contribution in [0.3, 0.4) is 0 Å². The lowest BCUT2D eigenvalue weighted by Crippen LogP contribution is -2.30. The lowest BCUT2D eigenvalue weighted by Gasteiger charge is -2.17. The Morgan fingerprint density at radius 2 is 1.75 bits per heavy atom. The summed E-state index contributed by atoms with van der Waals surface area (Å²) in [4.78, 5) is 35.7. The number of nitrogens with one attached hydrogen (secondary N) is 2. The van der Waals surface area contributed by atoms with Crippen molar-refractivity contribution in [3.63, 3.8) is 0 Å². The van der Waals surface area contributed by atoms with Gasteiger partial charge < -0.3 is 21.3 Å². The van der Waals surface area contributed by atoms with Gasteiger partial charge in [0.05, 0.1) is 0 Å². The molecule has 0 fully saturated rings. The largest absolute Gasteiger partial charge is 0.355 e. The summed E-state index contributed by atoms with van der Waals surface area (Å²) in [5, 5.41) is 5.09. The molecule has 4 N–H and O–H groups in total. The number of rotatable bonds is 9. The molecule has 0 aliphatic rings. The molecule has 7 heteroatoms. The fraction of sp³-hybridized carbons (Fsp3) is 0.471. The monoisotopic (exact) mass is 334 g/mol. The van der Waals surface area contributed by atoms with Crippen molar-refractivity contribution < 1.29 is 14.4 Å². The van der Waals surface area contributed by atoms with Gasteiger partial charge >= 0.3 is 6.03 Å². The zero-order chi connectivity index (χ0) is 17.9. The standard InChI is InChI=1S/C17H26N4O3/c1-19-16(23)14-9-7-13(8-10-14)12-21(2)15(22)6-4-3-5-11-20-17(18)24/h7-10H,3-6,11-12H2,1-2H3,(H,19,23)(H3,18,20,24). The van der Waals surface area contributed by atoms with Crippen LogP contribution in [0.15, 0.2) is 24.3 Å². The van der Waals surface area contributed by atoms with Crippen LogP contribution in [-0.2, 0) is 11.3 Å². The Kier molecular flexibility index (Phi) is 8.32. The molecule has 0 bridgehead atoms. The molecule has 4 amide bonds. The maximum Gasteiger partial charge on any atom is 0.312 e. The molecule has 0 radical (unpaired) electrons. The molecule has 7 nitrogen and oxygen atoms in total. The van der Waals surface area contributed by atoms with E-state index in [0.29, 0.717) is 25.1 Å². The summed E-state index contributed by atoms with van der Waals surface area (Å²) in [6.07, 6.45) is 2.92. The second-order valence-electron chi connectivity index (χ2n) is 5.63. The van der Waals surface area contributed by atoms with E-state index in [1.165, 1.54) is 0 Å². The number of amides is 4. The molecule has 1 aromatic rings. The van der Waals surface area contributed by atoms with Gasteiger partial charge in [-0.25, -0.2) is 4.79 Å². The second-order valence-corrected chi connectivity index (χ2v) is 5.63. The summed E-state index contributed by atoms with van der Waals surface area (Å²) in [7, 11) is 3.36. The van der Waals surface area contributed by atoms with E-state index in [0.717, 1.165) is 24.8 Å². The minimum atomic E-state index is -0.520. The minimum Gasteiger partial charge on any atom is -0.355 e. The fourth-order valence-electron chi connectivity index (χ4n) is 2.25. The Balaban J connectivity index is 2.31. The maximum absolute atomic E-state index is 12.1. The third-order valence-electron chi connectivity index (χ3n) is 3.66. The van der Waals surface area contributed by atoms with Gasteiger partial charge in [-0.05, 0) is 30.5 Å². The van der Waals surface area contributed by atoms with Crippen molar-refractivity contribution in [1.82, 2.24) is 15.5 Å². The van der Waals surface area contributed by atoms with Gasteiger partial charge in [-0.1, -0.05) is 18.6 Å². The predicted molar refractivity (Wildman–Crippen MR) is 92.4 cm³/mol. The lowest BCUT2D eigenvalue weighted by molar-refractivity contribution is -0.130. The molecule has 0 saturated carbocycles. The van der Waals surface area contributed by atoms with Crippen LogP contribution in [-0.4, -0.2) is 43.4 Å². The number of unbranched alkanes of at least 4 members (excludes halogenated alkanes) is 2. The first kappa shape index (κ1) is 19.5. The number of hydrogen-bond donors (Lipinski definition) is 3. The van der Waals surface area contributed by atoms with E-state index in [2.05, 4.69) is 10.6 Å². The van der Waals surface area contributed by atoms with Crippen LogP contribution < -0.4 is 16.4 Å². The summed E-state index contributed by atoms with van der Waals surface area (Å²) < 4.78 is 0. The Hall–Kier alpha value is -2.57. The van der Waals surface area contributed by atoms with Crippen molar-refractivity contribution in [2.24, 2.45) is 5.73 Å². The van der Waals surface area contributed by atoms with Crippen molar-refractivity contribution in [3.8, 4) is 0 Å². The van der Waals surface area contributed by atoms with Crippen LogP contribution >= 0.6 is 0 Å². The number of nitrogens with two attached hydrogens (primary N) is 1. The summed E-state index contributed by atoms with van der Waals surface area (Å²) >= 11 is 0. The van der Waals surface area contributed by atoms with E-state index >= 15 is 0 Å². The van der Waals surface area contributed by atoms with Crippen molar-refractivity contribution in [1.29, 1.82) is 0 Å². The van der Waals surface area contributed by atoms with Crippen molar-refractivity contribution in [2.75, 3.05) is 20.6 Å². The molecule has 0 saturated heterocycles. The number of hydrogen-bond acceptors (Lipinski definition) is 3. The van der Waals surface area contributed by atoms with E-state index in [9.17, 15) is 14.4 Å². The van der Waals surface area contributed by atoms with Gasteiger partial charge in [0.15, 0.2) is 0 Å². The average Bonchev–Trinajstić information content (AvgIpc) is 2.57. The van der Waals surface area contributed by atoms with Crippen LogP contribution in [0.2, 0.25) is 0 Å². The van der Waals surface area contributed by atoms with Gasteiger partial charge in [0.1, 0.15) is 0 Å². The highest BCUT2D eigenvalue weighted by molar-refractivity contribution is 5.93. The van der Waals surface area contributed by atoms with Crippen LogP contribution in [0, 0.1) is 0 Å². The van der Waals surface area contributed by atoms with Crippen molar-refractivity contribution in [3.05, 3.63) is 35.4 Å². The van der Waals surface area contributed by atoms with Crippen molar-refractivity contribution in [2.45, 2.75) is 32.2 Å². The van der Waals surface area contributed by atoms with Crippen LogP contribution in [0.5, 0.6) is 0 Å². The van der Waals surface area contributed by atoms with Gasteiger partial charge in [0.25, 0.3) is 5.91 Å². The van der Waals surface area contributed by atoms with E-state index in [1.54, 1.807) is 31.1 Å². The molecule has 0 aromatic heterocycles. The highest BCUT2D eigenvalue weighted by Crippen LogP contribution is 2.09. The highest BCUT2D eigenvalue weighted by atomic mass is 16.2. The normalized spacial score (nSPS) is 10.1. The summed E-state index contributed by atoms with van der Waals surface area (Å²) in [5.41, 5.74) is 6.54. The van der Waals surface area contributed by atoms with Crippen LogP contribution in [0.25, 0.3) is 0 Å². The number of benzene rings is 1. The lowest BCUT2D eigenvalue weighted by atomic mass is 10.1. The van der Waals surface area contributed by atoms with Gasteiger partial charge in [0, 0.05) is 39.2 Å². The van der Waals surface area contributed by atoms with E-state index < -0.39 is 6.03 Å². The molecule has 24 heavy (non-hydrogen) atoms. The van der Waals surface area contributed by atoms with Gasteiger partial charge in [0.2, 0.25) is 5.91 Å². The highest BCUT2D eigenvalue weighted by Gasteiger charge is 2.09. The molecule has 0 aliphatic heterocycles. The Bertz CT molecular complexity index is 557. The Labute approximate surface area is 142 Å². The second kappa shape index (κ2) is 10.3. The zero-order valence-electron chi connectivity index (χ0n) is 14.3. The molecule has 1 aromatic carbocycles. The first-order chi connectivity index (χ1) is 11.4. The van der Waals surface area contributed by atoms with E-state index in [1.807, 2.05) is 12.1 Å². The average molecular weight is 334 g/mol. The van der Waals surface area contributed by atoms with Crippen LogP contribution in [0.4, 0.5) is 4.79 Å². The molecular formula is C17H26N4O3. The topological polar surface area (TPSA) is 105 Å². The summed E-state index contributed by atoms with van der Waals surface area (Å²) in [5.74, 6) is -0.0509. The van der Waals surface area contributed by atoms with E-state index in [-0.39, 0.29) is 11.8 Å². The predicted octanol–water partition coefficient (Wildman–Crippen LogP) is 1.23. The first-order valence-electron chi connectivity index (χ1n) is 8.02. The third kappa shape index (κ3) is 7.13. The molecule has 0 heterocycles. The molecule has 0 unspecified atom stereocenters. The molecule has 132 valence electrons. The van der Waals surface area contributed by atoms with Gasteiger partial charge in [-0.15, -0.1) is 0 Å². The van der Waals surface area contributed by atoms with Gasteiger partial charge in [-0.3, -0.25) is 9.59 Å². The summed E-state index contributed by atoms with van der Waals surface area (Å²) in [6, 6.07) is 6.68. The summed E-state index contributed by atoms with van der Waals surface area (Å²) in [6.45, 7) is 1.05.